The molecule has 0 bridgehead atoms. The molecule has 0 aromatic heterocycles. The minimum Gasteiger partial charge on any atom is -0.496 e. The van der Waals surface area contributed by atoms with E-state index in [2.05, 4.69) is 6.07 Å². The van der Waals surface area contributed by atoms with Gasteiger partial charge in [-0.1, -0.05) is 48.5 Å². The molecule has 5 heteroatoms. The van der Waals surface area contributed by atoms with E-state index in [4.69, 9.17) is 4.74 Å². The average Bonchev–Trinajstić information content (AvgIpc) is 2.62. The predicted octanol–water partition coefficient (Wildman–Crippen LogP) is 3.40. The van der Waals surface area contributed by atoms with Gasteiger partial charge in [-0.3, -0.25) is 0 Å². The lowest BCUT2D eigenvalue weighted by molar-refractivity contribution is 0.313. The summed E-state index contributed by atoms with van der Waals surface area (Å²) in [6.45, 7) is 1.13. The Morgan fingerprint density at radius 1 is 1.00 bits per heavy atom. The first-order chi connectivity index (χ1) is 11.6. The van der Waals surface area contributed by atoms with Gasteiger partial charge in [0.15, 0.2) is 0 Å². The molecular formula is C19H23NO3S. The summed E-state index contributed by atoms with van der Waals surface area (Å²) in [6, 6.07) is 17.4. The number of methoxy groups -OCH3 is 1. The monoisotopic (exact) mass is 345 g/mol. The smallest absolute Gasteiger partial charge is 0.218 e. The molecule has 2 aromatic rings. The van der Waals surface area contributed by atoms with Crippen LogP contribution in [0.3, 0.4) is 0 Å². The lowest BCUT2D eigenvalue weighted by atomic mass is 9.89. The lowest BCUT2D eigenvalue weighted by Crippen LogP contribution is -2.38. The predicted molar refractivity (Wildman–Crippen MR) is 95.6 cm³/mol. The van der Waals surface area contributed by atoms with E-state index in [1.54, 1.807) is 11.4 Å². The van der Waals surface area contributed by atoms with Crippen LogP contribution >= 0.6 is 0 Å². The van der Waals surface area contributed by atoms with Crippen molar-refractivity contribution >= 4 is 10.0 Å². The highest BCUT2D eigenvalue weighted by molar-refractivity contribution is 7.88. The first-order valence-corrected chi connectivity index (χ1v) is 9.86. The van der Waals surface area contributed by atoms with Gasteiger partial charge in [-0.2, -0.15) is 0 Å². The Kier molecular flexibility index (Phi) is 5.21. The number of hydrogen-bond acceptors (Lipinski definition) is 3. The molecule has 0 amide bonds. The van der Waals surface area contributed by atoms with Gasteiger partial charge in [-0.15, -0.1) is 0 Å². The summed E-state index contributed by atoms with van der Waals surface area (Å²) < 4.78 is 32.3. The largest absolute Gasteiger partial charge is 0.496 e. The Balaban J connectivity index is 1.66. The van der Waals surface area contributed by atoms with Gasteiger partial charge in [-0.25, -0.2) is 12.7 Å². The summed E-state index contributed by atoms with van der Waals surface area (Å²) in [5.74, 6) is 1.32. The maximum absolute atomic E-state index is 12.6. The van der Waals surface area contributed by atoms with Crippen molar-refractivity contribution in [2.24, 2.45) is 0 Å². The molecule has 0 aliphatic carbocycles. The molecule has 0 atom stereocenters. The van der Waals surface area contributed by atoms with E-state index < -0.39 is 10.0 Å². The van der Waals surface area contributed by atoms with Gasteiger partial charge in [0.25, 0.3) is 0 Å². The van der Waals surface area contributed by atoms with Crippen molar-refractivity contribution in [2.45, 2.75) is 24.5 Å². The zero-order valence-corrected chi connectivity index (χ0v) is 14.7. The van der Waals surface area contributed by atoms with E-state index >= 15 is 0 Å². The summed E-state index contributed by atoms with van der Waals surface area (Å²) in [5.41, 5.74) is 2.02. The summed E-state index contributed by atoms with van der Waals surface area (Å²) in [6.07, 6.45) is 1.66. The van der Waals surface area contributed by atoms with Crippen molar-refractivity contribution in [3.8, 4) is 5.75 Å². The highest BCUT2D eigenvalue weighted by Gasteiger charge is 2.29. The van der Waals surface area contributed by atoms with E-state index in [-0.39, 0.29) is 5.75 Å². The van der Waals surface area contributed by atoms with Crippen molar-refractivity contribution in [3.05, 3.63) is 65.7 Å². The van der Waals surface area contributed by atoms with Crippen LogP contribution in [0.25, 0.3) is 0 Å². The Bertz CT molecular complexity index is 766. The lowest BCUT2D eigenvalue weighted by Gasteiger charge is -2.32. The number of benzene rings is 2. The first-order valence-electron chi connectivity index (χ1n) is 8.25. The highest BCUT2D eigenvalue weighted by atomic mass is 32.2. The van der Waals surface area contributed by atoms with E-state index in [1.807, 2.05) is 48.5 Å². The standard InChI is InChI=1S/C19H23NO3S/c1-23-19-10-6-5-9-18(19)17-11-13-20(14-12-17)24(21,22)15-16-7-3-2-4-8-16/h2-10,17H,11-15H2,1H3. The molecule has 0 radical (unpaired) electrons. The van der Waals surface area contributed by atoms with Crippen LogP contribution in [-0.4, -0.2) is 32.9 Å². The van der Waals surface area contributed by atoms with Crippen molar-refractivity contribution in [1.29, 1.82) is 0 Å². The Morgan fingerprint density at radius 2 is 1.62 bits per heavy atom. The zero-order chi connectivity index (χ0) is 17.0. The van der Waals surface area contributed by atoms with E-state index in [9.17, 15) is 8.42 Å². The maximum Gasteiger partial charge on any atom is 0.218 e. The van der Waals surface area contributed by atoms with Crippen molar-refractivity contribution < 1.29 is 13.2 Å². The number of nitrogens with zero attached hydrogens (tertiary/aromatic N) is 1. The van der Waals surface area contributed by atoms with Crippen molar-refractivity contribution in [1.82, 2.24) is 4.31 Å². The van der Waals surface area contributed by atoms with Crippen molar-refractivity contribution in [2.75, 3.05) is 20.2 Å². The van der Waals surface area contributed by atoms with Crippen LogP contribution in [0.4, 0.5) is 0 Å². The molecule has 0 saturated carbocycles. The van der Waals surface area contributed by atoms with Gasteiger partial charge >= 0.3 is 0 Å². The minimum atomic E-state index is -3.26. The van der Waals surface area contributed by atoms with Crippen LogP contribution in [0.5, 0.6) is 5.75 Å². The summed E-state index contributed by atoms with van der Waals surface area (Å²) in [5, 5.41) is 0. The van der Waals surface area contributed by atoms with Gasteiger partial charge in [0, 0.05) is 13.1 Å². The Hall–Kier alpha value is -1.85. The number of piperidine rings is 1. The molecule has 1 aliphatic heterocycles. The second kappa shape index (κ2) is 7.36. The normalized spacial score (nSPS) is 16.9. The third-order valence-corrected chi connectivity index (χ3v) is 6.47. The number of para-hydroxylation sites is 1. The zero-order valence-electron chi connectivity index (χ0n) is 13.9. The number of ether oxygens (including phenoxy) is 1. The van der Waals surface area contributed by atoms with Crippen LogP contribution < -0.4 is 4.74 Å². The summed E-state index contributed by atoms with van der Waals surface area (Å²) in [7, 11) is -1.58. The third-order valence-electron chi connectivity index (χ3n) is 4.62. The Labute approximate surface area is 144 Å². The second-order valence-corrected chi connectivity index (χ2v) is 8.13. The fourth-order valence-electron chi connectivity index (χ4n) is 3.32. The van der Waals surface area contributed by atoms with E-state index in [0.717, 1.165) is 24.2 Å². The van der Waals surface area contributed by atoms with Gasteiger partial charge in [0.05, 0.1) is 12.9 Å². The minimum absolute atomic E-state index is 0.0766. The molecular weight excluding hydrogens is 322 g/mol. The number of rotatable bonds is 5. The fourth-order valence-corrected chi connectivity index (χ4v) is 4.89. The summed E-state index contributed by atoms with van der Waals surface area (Å²) in [4.78, 5) is 0. The SMILES string of the molecule is COc1ccccc1C1CCN(S(=O)(=O)Cc2ccccc2)CC1. The van der Waals surface area contributed by atoms with Crippen LogP contribution in [-0.2, 0) is 15.8 Å². The average molecular weight is 345 g/mol. The highest BCUT2D eigenvalue weighted by Crippen LogP contribution is 2.34. The van der Waals surface area contributed by atoms with E-state index in [1.165, 1.54) is 5.56 Å². The first kappa shape index (κ1) is 17.0. The quantitative estimate of drug-likeness (QED) is 0.834. The molecule has 0 spiro atoms. The van der Waals surface area contributed by atoms with Crippen LogP contribution in [0, 0.1) is 0 Å². The Morgan fingerprint density at radius 3 is 2.29 bits per heavy atom. The van der Waals surface area contributed by atoms with Crippen LogP contribution in [0.1, 0.15) is 29.9 Å². The summed E-state index contributed by atoms with van der Waals surface area (Å²) >= 11 is 0. The van der Waals surface area contributed by atoms with Crippen molar-refractivity contribution in [3.63, 3.8) is 0 Å². The topological polar surface area (TPSA) is 46.6 Å². The molecule has 128 valence electrons. The molecule has 1 heterocycles. The van der Waals surface area contributed by atoms with Gasteiger partial charge in [0.2, 0.25) is 10.0 Å². The molecule has 2 aromatic carbocycles. The number of hydrogen-bond donors (Lipinski definition) is 0. The fraction of sp³-hybridized carbons (Fsp3) is 0.368. The van der Waals surface area contributed by atoms with Crippen LogP contribution in [0.2, 0.25) is 0 Å². The number of sulfonamides is 1. The molecule has 1 aliphatic rings. The van der Waals surface area contributed by atoms with Crippen LogP contribution in [0.15, 0.2) is 54.6 Å². The molecule has 24 heavy (non-hydrogen) atoms. The molecule has 1 fully saturated rings. The van der Waals surface area contributed by atoms with Gasteiger partial charge in [0.1, 0.15) is 5.75 Å². The molecule has 0 unspecified atom stereocenters. The molecule has 4 nitrogen and oxygen atoms in total. The molecule has 1 saturated heterocycles. The molecule has 3 rings (SSSR count). The maximum atomic E-state index is 12.6. The van der Waals surface area contributed by atoms with Gasteiger partial charge < -0.3 is 4.74 Å². The second-order valence-electron chi connectivity index (χ2n) is 6.16. The third kappa shape index (κ3) is 3.79. The van der Waals surface area contributed by atoms with Gasteiger partial charge in [-0.05, 0) is 36.0 Å². The molecule has 0 N–H and O–H groups in total. The van der Waals surface area contributed by atoms with E-state index in [0.29, 0.717) is 19.0 Å².